The predicted molar refractivity (Wildman–Crippen MR) is 101 cm³/mol. The Morgan fingerprint density at radius 1 is 1.22 bits per heavy atom. The summed E-state index contributed by atoms with van der Waals surface area (Å²) in [7, 11) is -2.49. The molecular weight excluding hydrogens is 376 g/mol. The fourth-order valence-corrected chi connectivity index (χ4v) is 5.02. The second kappa shape index (κ2) is 6.33. The first-order chi connectivity index (χ1) is 12.4. The second-order valence-electron chi connectivity index (χ2n) is 7.58. The molecule has 0 saturated heterocycles. The molecule has 0 bridgehead atoms. The summed E-state index contributed by atoms with van der Waals surface area (Å²) in [5, 5.41) is 1.90. The van der Waals surface area contributed by atoms with Gasteiger partial charge in [-0.2, -0.15) is 4.39 Å². The zero-order valence-electron chi connectivity index (χ0n) is 15.4. The number of anilines is 3. The maximum absolute atomic E-state index is 14.6. The normalized spacial score (nSPS) is 18.2. The lowest BCUT2D eigenvalue weighted by Crippen LogP contribution is -2.26. The van der Waals surface area contributed by atoms with Gasteiger partial charge in [-0.05, 0) is 36.5 Å². The Hall–Kier alpha value is -2.42. The van der Waals surface area contributed by atoms with Gasteiger partial charge < -0.3 is 9.88 Å². The lowest BCUT2D eigenvalue weighted by atomic mass is 10.2. The molecule has 1 aromatic carbocycles. The van der Waals surface area contributed by atoms with E-state index in [9.17, 15) is 22.0 Å². The number of aromatic nitrogens is 1. The first-order valence-electron chi connectivity index (χ1n) is 8.36. The van der Waals surface area contributed by atoms with Gasteiger partial charge in [-0.15, -0.1) is 0 Å². The summed E-state index contributed by atoms with van der Waals surface area (Å²) in [6.45, 7) is 5.33. The molecule has 6 nitrogen and oxygen atoms in total. The first-order valence-corrected chi connectivity index (χ1v) is 9.91. The number of sulfonamides is 1. The summed E-state index contributed by atoms with van der Waals surface area (Å²) in [5.74, 6) is -1.85. The molecule has 1 heterocycles. The van der Waals surface area contributed by atoms with Crippen molar-refractivity contribution >= 4 is 27.1 Å². The summed E-state index contributed by atoms with van der Waals surface area (Å²) in [4.78, 5) is 12.0. The van der Waals surface area contributed by atoms with Gasteiger partial charge in [0.15, 0.2) is 0 Å². The third kappa shape index (κ3) is 3.69. The molecule has 2 N–H and O–H groups in total. The molecule has 1 aliphatic rings. The summed E-state index contributed by atoms with van der Waals surface area (Å²) < 4.78 is 57.2. The van der Waals surface area contributed by atoms with E-state index in [1.165, 1.54) is 25.4 Å². The van der Waals surface area contributed by atoms with E-state index in [-0.39, 0.29) is 16.8 Å². The highest BCUT2D eigenvalue weighted by atomic mass is 32.2. The van der Waals surface area contributed by atoms with Crippen LogP contribution in [0.2, 0.25) is 0 Å². The molecule has 1 aromatic heterocycles. The van der Waals surface area contributed by atoms with Crippen molar-refractivity contribution in [1.29, 1.82) is 0 Å². The summed E-state index contributed by atoms with van der Waals surface area (Å²) in [6.07, 6.45) is 1.65. The second-order valence-corrected chi connectivity index (χ2v) is 9.45. The third-order valence-corrected chi connectivity index (χ3v) is 6.81. The Morgan fingerprint density at radius 2 is 1.85 bits per heavy atom. The van der Waals surface area contributed by atoms with E-state index in [1.807, 2.05) is 13.8 Å². The van der Waals surface area contributed by atoms with Gasteiger partial charge in [0.2, 0.25) is 15.8 Å². The number of nitrogens with zero attached hydrogens (tertiary/aromatic N) is 1. The lowest BCUT2D eigenvalue weighted by molar-refractivity contribution is 0.583. The highest BCUT2D eigenvalue weighted by Gasteiger charge is 2.54. The van der Waals surface area contributed by atoms with Gasteiger partial charge in [0.05, 0.1) is 16.6 Å². The quantitative estimate of drug-likeness (QED) is 0.812. The Labute approximate surface area is 156 Å². The van der Waals surface area contributed by atoms with Gasteiger partial charge in [-0.3, -0.25) is 9.52 Å². The predicted octanol–water partition coefficient (Wildman–Crippen LogP) is 3.26. The SMILES string of the molecule is Cc1ccc(Nc2c(NS(=O)(=O)C3CC3(C)C)cn(C)c(=O)c2F)c(F)c1. The van der Waals surface area contributed by atoms with E-state index in [2.05, 4.69) is 10.0 Å². The van der Waals surface area contributed by atoms with Crippen molar-refractivity contribution < 1.29 is 17.2 Å². The van der Waals surface area contributed by atoms with Crippen molar-refractivity contribution in [3.8, 4) is 0 Å². The van der Waals surface area contributed by atoms with Crippen molar-refractivity contribution in [3.05, 3.63) is 51.9 Å². The van der Waals surface area contributed by atoms with E-state index < -0.39 is 38.2 Å². The van der Waals surface area contributed by atoms with E-state index in [4.69, 9.17) is 0 Å². The monoisotopic (exact) mass is 397 g/mol. The topological polar surface area (TPSA) is 80.2 Å². The molecule has 1 fully saturated rings. The minimum Gasteiger partial charge on any atom is -0.349 e. The maximum atomic E-state index is 14.6. The Morgan fingerprint density at radius 3 is 2.41 bits per heavy atom. The van der Waals surface area contributed by atoms with Gasteiger partial charge in [0.25, 0.3) is 5.56 Å². The van der Waals surface area contributed by atoms with Crippen LogP contribution in [0.25, 0.3) is 0 Å². The van der Waals surface area contributed by atoms with Gasteiger partial charge in [-0.25, -0.2) is 12.8 Å². The Kier molecular flexibility index (Phi) is 4.54. The van der Waals surface area contributed by atoms with Crippen LogP contribution in [0, 0.1) is 24.0 Å². The summed E-state index contributed by atoms with van der Waals surface area (Å²) in [6, 6.07) is 4.25. The summed E-state index contributed by atoms with van der Waals surface area (Å²) in [5.41, 5.74) is -1.30. The number of pyridine rings is 1. The molecule has 0 radical (unpaired) electrons. The fourth-order valence-electron chi connectivity index (χ4n) is 2.93. The minimum absolute atomic E-state index is 0.0695. The van der Waals surface area contributed by atoms with Crippen LogP contribution in [0.1, 0.15) is 25.8 Å². The van der Waals surface area contributed by atoms with Crippen LogP contribution in [-0.4, -0.2) is 18.2 Å². The number of hydrogen-bond donors (Lipinski definition) is 2. The molecule has 27 heavy (non-hydrogen) atoms. The molecule has 1 aliphatic carbocycles. The molecule has 146 valence electrons. The van der Waals surface area contributed by atoms with E-state index in [0.717, 1.165) is 4.57 Å². The van der Waals surface area contributed by atoms with E-state index in [1.54, 1.807) is 13.0 Å². The zero-order chi connectivity index (χ0) is 20.1. The number of hydrogen-bond acceptors (Lipinski definition) is 4. The van der Waals surface area contributed by atoms with Gasteiger partial charge in [-0.1, -0.05) is 19.9 Å². The maximum Gasteiger partial charge on any atom is 0.288 e. The van der Waals surface area contributed by atoms with E-state index >= 15 is 0 Å². The van der Waals surface area contributed by atoms with Crippen LogP contribution in [0.15, 0.2) is 29.2 Å². The average molecular weight is 397 g/mol. The van der Waals surface area contributed by atoms with Crippen LogP contribution in [0.5, 0.6) is 0 Å². The number of nitrogens with one attached hydrogen (secondary N) is 2. The van der Waals surface area contributed by atoms with Crippen LogP contribution >= 0.6 is 0 Å². The first kappa shape index (κ1) is 19.3. The Bertz CT molecular complexity index is 1080. The van der Waals surface area contributed by atoms with Crippen LogP contribution in [0.4, 0.5) is 25.8 Å². The average Bonchev–Trinajstić information content (AvgIpc) is 3.21. The van der Waals surface area contributed by atoms with Crippen molar-refractivity contribution in [3.63, 3.8) is 0 Å². The zero-order valence-corrected chi connectivity index (χ0v) is 16.2. The van der Waals surface area contributed by atoms with Crippen molar-refractivity contribution in [1.82, 2.24) is 4.57 Å². The van der Waals surface area contributed by atoms with Gasteiger partial charge in [0, 0.05) is 13.2 Å². The Balaban J connectivity index is 2.05. The standard InChI is InChI=1S/C18H21F2N3O3S/c1-10-5-6-12(11(19)7-10)21-16-13(9-23(4)17(24)15(16)20)22-27(25,26)14-8-18(14,2)3/h5-7,9,14,21-22H,8H2,1-4H3. The van der Waals surface area contributed by atoms with Crippen molar-refractivity contribution in [2.75, 3.05) is 10.0 Å². The van der Waals surface area contributed by atoms with Crippen LogP contribution < -0.4 is 15.6 Å². The van der Waals surface area contributed by atoms with Crippen LogP contribution in [-0.2, 0) is 17.1 Å². The number of halogens is 2. The highest BCUT2D eigenvalue weighted by Crippen LogP contribution is 2.50. The van der Waals surface area contributed by atoms with Crippen molar-refractivity contribution in [2.24, 2.45) is 12.5 Å². The molecule has 0 amide bonds. The van der Waals surface area contributed by atoms with E-state index in [0.29, 0.717) is 12.0 Å². The molecule has 0 aliphatic heterocycles. The third-order valence-electron chi connectivity index (χ3n) is 4.75. The van der Waals surface area contributed by atoms with Gasteiger partial charge >= 0.3 is 0 Å². The number of rotatable bonds is 5. The molecule has 2 aromatic rings. The molecule has 9 heteroatoms. The smallest absolute Gasteiger partial charge is 0.288 e. The highest BCUT2D eigenvalue weighted by molar-refractivity contribution is 7.93. The van der Waals surface area contributed by atoms with Crippen molar-refractivity contribution in [2.45, 2.75) is 32.4 Å². The molecular formula is C18H21F2N3O3S. The number of aryl methyl sites for hydroxylation is 2. The molecule has 0 spiro atoms. The largest absolute Gasteiger partial charge is 0.349 e. The number of benzene rings is 1. The van der Waals surface area contributed by atoms with Crippen LogP contribution in [0.3, 0.4) is 0 Å². The summed E-state index contributed by atoms with van der Waals surface area (Å²) >= 11 is 0. The molecule has 3 rings (SSSR count). The molecule has 1 atom stereocenters. The molecule has 1 saturated carbocycles. The minimum atomic E-state index is -3.79. The molecule has 1 unspecified atom stereocenters. The lowest BCUT2D eigenvalue weighted by Gasteiger charge is -2.17. The fraction of sp³-hybridized carbons (Fsp3) is 0.389. The van der Waals surface area contributed by atoms with Gasteiger partial charge in [0.1, 0.15) is 11.5 Å².